The molecule has 2 aromatic rings. The van der Waals surface area contributed by atoms with E-state index >= 15 is 0 Å². The highest BCUT2D eigenvalue weighted by atomic mass is 16.5. The molecule has 0 aliphatic heterocycles. The Labute approximate surface area is 173 Å². The van der Waals surface area contributed by atoms with E-state index in [1.807, 2.05) is 6.07 Å². The fourth-order valence-corrected chi connectivity index (χ4v) is 3.29. The minimum Gasteiger partial charge on any atom is -0.448 e. The number of urea groups is 1. The molecule has 158 valence electrons. The van der Waals surface area contributed by atoms with Crippen LogP contribution in [0.25, 0.3) is 5.69 Å². The van der Waals surface area contributed by atoms with Gasteiger partial charge in [-0.25, -0.2) is 14.3 Å². The fourth-order valence-electron chi connectivity index (χ4n) is 3.29. The molecule has 9 nitrogen and oxygen atoms in total. The van der Waals surface area contributed by atoms with Crippen LogP contribution in [0.3, 0.4) is 0 Å². The summed E-state index contributed by atoms with van der Waals surface area (Å²) < 4.78 is 6.52. The first-order valence-corrected chi connectivity index (χ1v) is 9.84. The molecule has 1 atom stereocenters. The third-order valence-corrected chi connectivity index (χ3v) is 4.88. The molecule has 1 fully saturated rings. The minimum absolute atomic E-state index is 0.0452. The molecule has 2 N–H and O–H groups in total. The molecule has 0 radical (unpaired) electrons. The largest absolute Gasteiger partial charge is 0.448 e. The number of rotatable bonds is 5. The lowest BCUT2D eigenvalue weighted by molar-refractivity contribution is -0.127. The van der Waals surface area contributed by atoms with Crippen molar-refractivity contribution in [2.75, 3.05) is 0 Å². The number of benzene rings is 1. The molecule has 3 amide bonds. The predicted molar refractivity (Wildman–Crippen MR) is 108 cm³/mol. The molecule has 1 aliphatic carbocycles. The Hall–Kier alpha value is -3.49. The monoisotopic (exact) mass is 412 g/mol. The zero-order valence-electron chi connectivity index (χ0n) is 16.9. The topological polar surface area (TPSA) is 119 Å². The van der Waals surface area contributed by atoms with Crippen molar-refractivity contribution in [3.8, 4) is 5.69 Å². The highest BCUT2D eigenvalue weighted by molar-refractivity contribution is 5.98. The number of hydrogen-bond acceptors (Lipinski definition) is 6. The van der Waals surface area contributed by atoms with Crippen LogP contribution < -0.4 is 16.1 Å². The number of carbonyl (C=O) groups excluding carboxylic acids is 3. The van der Waals surface area contributed by atoms with Gasteiger partial charge in [-0.15, -0.1) is 0 Å². The number of aryl methyl sites for hydroxylation is 1. The van der Waals surface area contributed by atoms with Gasteiger partial charge in [-0.3, -0.25) is 14.9 Å². The van der Waals surface area contributed by atoms with Gasteiger partial charge in [-0.1, -0.05) is 31.0 Å². The number of ether oxygens (including phenoxy) is 1. The molecule has 1 aromatic heterocycles. The minimum atomic E-state index is -1.28. The van der Waals surface area contributed by atoms with E-state index in [1.165, 1.54) is 17.7 Å². The van der Waals surface area contributed by atoms with Gasteiger partial charge in [0.15, 0.2) is 6.10 Å². The molecule has 9 heteroatoms. The Balaban J connectivity index is 1.66. The molecule has 1 unspecified atom stereocenters. The van der Waals surface area contributed by atoms with Crippen molar-refractivity contribution in [3.05, 3.63) is 58.0 Å². The Morgan fingerprint density at radius 2 is 1.83 bits per heavy atom. The van der Waals surface area contributed by atoms with E-state index < -0.39 is 35.1 Å². The zero-order chi connectivity index (χ0) is 21.7. The molecule has 1 saturated carbocycles. The van der Waals surface area contributed by atoms with Gasteiger partial charge in [0.05, 0.1) is 5.69 Å². The summed E-state index contributed by atoms with van der Waals surface area (Å²) in [4.78, 5) is 48.8. The van der Waals surface area contributed by atoms with Gasteiger partial charge in [-0.05, 0) is 38.8 Å². The van der Waals surface area contributed by atoms with E-state index in [0.717, 1.165) is 25.7 Å². The summed E-state index contributed by atoms with van der Waals surface area (Å²) in [6.45, 7) is 3.01. The third kappa shape index (κ3) is 5.11. The first-order valence-electron chi connectivity index (χ1n) is 9.84. The van der Waals surface area contributed by atoms with Crippen molar-refractivity contribution in [2.24, 2.45) is 0 Å². The van der Waals surface area contributed by atoms with Crippen LogP contribution in [0, 0.1) is 6.92 Å². The van der Waals surface area contributed by atoms with Gasteiger partial charge in [-0.2, -0.15) is 5.10 Å². The SMILES string of the molecule is Cc1cc(=O)c(C(=O)OC(C)C(=O)NC(=O)NC2CCCC2)nn1-c1ccccc1. The smallest absolute Gasteiger partial charge is 0.363 e. The van der Waals surface area contributed by atoms with Gasteiger partial charge in [0.1, 0.15) is 0 Å². The van der Waals surface area contributed by atoms with Crippen molar-refractivity contribution in [2.45, 2.75) is 51.7 Å². The maximum absolute atomic E-state index is 12.5. The number of para-hydroxylation sites is 1. The Kier molecular flexibility index (Phi) is 6.61. The fraction of sp³-hybridized carbons (Fsp3) is 0.381. The van der Waals surface area contributed by atoms with Crippen LogP contribution >= 0.6 is 0 Å². The Morgan fingerprint density at radius 1 is 1.17 bits per heavy atom. The van der Waals surface area contributed by atoms with Crippen LogP contribution in [-0.4, -0.2) is 39.8 Å². The summed E-state index contributed by atoms with van der Waals surface area (Å²) >= 11 is 0. The van der Waals surface area contributed by atoms with E-state index in [4.69, 9.17) is 4.74 Å². The summed E-state index contributed by atoms with van der Waals surface area (Å²) in [5, 5.41) is 8.97. The van der Waals surface area contributed by atoms with Crippen molar-refractivity contribution in [3.63, 3.8) is 0 Å². The number of carbonyl (C=O) groups is 3. The van der Waals surface area contributed by atoms with Gasteiger partial charge < -0.3 is 10.1 Å². The lowest BCUT2D eigenvalue weighted by Crippen LogP contribution is -2.47. The van der Waals surface area contributed by atoms with E-state index in [1.54, 1.807) is 31.2 Å². The second kappa shape index (κ2) is 9.34. The van der Waals surface area contributed by atoms with Crippen LogP contribution in [0.4, 0.5) is 4.79 Å². The Morgan fingerprint density at radius 3 is 2.50 bits per heavy atom. The van der Waals surface area contributed by atoms with Crippen molar-refractivity contribution < 1.29 is 19.1 Å². The quantitative estimate of drug-likeness (QED) is 0.724. The number of hydrogen-bond donors (Lipinski definition) is 2. The van der Waals surface area contributed by atoms with Gasteiger partial charge >= 0.3 is 12.0 Å². The van der Waals surface area contributed by atoms with Crippen molar-refractivity contribution >= 4 is 17.9 Å². The highest BCUT2D eigenvalue weighted by Crippen LogP contribution is 2.17. The van der Waals surface area contributed by atoms with E-state index in [9.17, 15) is 19.2 Å². The maximum atomic E-state index is 12.5. The normalized spacial score (nSPS) is 14.7. The summed E-state index contributed by atoms with van der Waals surface area (Å²) in [5.41, 5.74) is 0.145. The second-order valence-corrected chi connectivity index (χ2v) is 7.24. The van der Waals surface area contributed by atoms with Crippen LogP contribution in [-0.2, 0) is 9.53 Å². The summed E-state index contributed by atoms with van der Waals surface area (Å²) in [5.74, 6) is -1.82. The molecule has 1 aromatic carbocycles. The van der Waals surface area contributed by atoms with Crippen molar-refractivity contribution in [1.29, 1.82) is 0 Å². The number of imide groups is 1. The second-order valence-electron chi connectivity index (χ2n) is 7.24. The first kappa shape index (κ1) is 21.2. The summed E-state index contributed by atoms with van der Waals surface area (Å²) in [7, 11) is 0. The molecule has 3 rings (SSSR count). The maximum Gasteiger partial charge on any atom is 0.363 e. The van der Waals surface area contributed by atoms with E-state index in [0.29, 0.717) is 11.4 Å². The molecular weight excluding hydrogens is 388 g/mol. The van der Waals surface area contributed by atoms with E-state index in [2.05, 4.69) is 15.7 Å². The average Bonchev–Trinajstić information content (AvgIpc) is 3.21. The highest BCUT2D eigenvalue weighted by Gasteiger charge is 2.25. The number of amides is 3. The van der Waals surface area contributed by atoms with Crippen LogP contribution in [0.2, 0.25) is 0 Å². The Bertz CT molecular complexity index is 996. The lowest BCUT2D eigenvalue weighted by Gasteiger charge is -2.16. The van der Waals surface area contributed by atoms with Crippen LogP contribution in [0.5, 0.6) is 0 Å². The average molecular weight is 412 g/mol. The van der Waals surface area contributed by atoms with E-state index in [-0.39, 0.29) is 6.04 Å². The van der Waals surface area contributed by atoms with Gasteiger partial charge in [0.2, 0.25) is 11.1 Å². The van der Waals surface area contributed by atoms with Crippen LogP contribution in [0.15, 0.2) is 41.2 Å². The molecule has 0 spiro atoms. The summed E-state index contributed by atoms with van der Waals surface area (Å²) in [6, 6.07) is 9.68. The lowest BCUT2D eigenvalue weighted by atomic mass is 10.2. The molecule has 1 aliphatic rings. The third-order valence-electron chi connectivity index (χ3n) is 4.88. The summed E-state index contributed by atoms with van der Waals surface area (Å²) in [6.07, 6.45) is 2.55. The number of aromatic nitrogens is 2. The molecule has 1 heterocycles. The predicted octanol–water partition coefficient (Wildman–Crippen LogP) is 1.85. The zero-order valence-corrected chi connectivity index (χ0v) is 16.9. The van der Waals surface area contributed by atoms with Gasteiger partial charge in [0, 0.05) is 17.8 Å². The number of nitrogens with one attached hydrogen (secondary N) is 2. The molecule has 0 saturated heterocycles. The van der Waals surface area contributed by atoms with Gasteiger partial charge in [0.25, 0.3) is 5.91 Å². The number of nitrogens with zero attached hydrogens (tertiary/aromatic N) is 2. The molecule has 0 bridgehead atoms. The first-order chi connectivity index (χ1) is 14.3. The number of esters is 1. The van der Waals surface area contributed by atoms with Crippen LogP contribution in [0.1, 0.15) is 48.8 Å². The molecular formula is C21H24N4O5. The van der Waals surface area contributed by atoms with Crippen molar-refractivity contribution in [1.82, 2.24) is 20.4 Å². The standard InChI is InChI=1S/C21H24N4O5/c1-13-12-17(26)18(24-25(13)16-10-4-3-5-11-16)20(28)30-14(2)19(27)23-21(29)22-15-8-6-7-9-15/h3-5,10-12,14-15H,6-9H2,1-2H3,(H2,22,23,27,29). The molecule has 30 heavy (non-hydrogen) atoms.